The molecule has 0 fully saturated rings. The first-order valence-electron chi connectivity index (χ1n) is 5.12. The van der Waals surface area contributed by atoms with Crippen molar-refractivity contribution in [1.29, 1.82) is 0 Å². The highest BCUT2D eigenvalue weighted by Gasteiger charge is 2.16. The zero-order chi connectivity index (χ0) is 12.4. The molecule has 0 aliphatic heterocycles. The molecular weight excluding hydrogens is 259 g/mol. The lowest BCUT2D eigenvalue weighted by molar-refractivity contribution is 0.393. The number of hydrogen-bond acceptors (Lipinski definition) is 3. The summed E-state index contributed by atoms with van der Waals surface area (Å²) >= 11 is 12.3. The maximum Gasteiger partial charge on any atom is 0.128 e. The minimum Gasteiger partial charge on any atom is -0.364 e. The summed E-state index contributed by atoms with van der Waals surface area (Å²) in [6.07, 6.45) is 1.62. The van der Waals surface area contributed by atoms with Gasteiger partial charge in [-0.3, -0.25) is 0 Å². The van der Waals surface area contributed by atoms with E-state index in [0.717, 1.165) is 17.7 Å². The van der Waals surface area contributed by atoms with Gasteiger partial charge in [-0.15, -0.1) is 0 Å². The van der Waals surface area contributed by atoms with Crippen molar-refractivity contribution >= 4 is 23.2 Å². The third-order valence-corrected chi connectivity index (χ3v) is 2.96. The first-order chi connectivity index (χ1) is 8.09. The van der Waals surface area contributed by atoms with Crippen molar-refractivity contribution in [2.45, 2.75) is 6.54 Å². The molecule has 1 aromatic carbocycles. The Bertz CT molecular complexity index is 503. The van der Waals surface area contributed by atoms with Crippen molar-refractivity contribution in [3.05, 3.63) is 40.1 Å². The molecule has 0 unspecified atom stereocenters. The lowest BCUT2D eigenvalue weighted by Crippen LogP contribution is -2.10. The Labute approximate surface area is 110 Å². The van der Waals surface area contributed by atoms with Gasteiger partial charge in [0.25, 0.3) is 0 Å². The second-order valence-corrected chi connectivity index (χ2v) is 4.84. The molecule has 0 spiro atoms. The number of nitrogens with zero attached hydrogens (tertiary/aromatic N) is 2. The summed E-state index contributed by atoms with van der Waals surface area (Å²) in [5.41, 5.74) is 2.39. The van der Waals surface area contributed by atoms with E-state index in [1.54, 1.807) is 24.5 Å². The van der Waals surface area contributed by atoms with Crippen LogP contribution in [0.1, 0.15) is 5.56 Å². The van der Waals surface area contributed by atoms with Gasteiger partial charge in [-0.05, 0) is 26.2 Å². The monoisotopic (exact) mass is 270 g/mol. The van der Waals surface area contributed by atoms with E-state index in [4.69, 9.17) is 27.7 Å². The fourth-order valence-corrected chi connectivity index (χ4v) is 2.22. The Kier molecular flexibility index (Phi) is 3.72. The van der Waals surface area contributed by atoms with E-state index in [1.807, 2.05) is 19.0 Å². The summed E-state index contributed by atoms with van der Waals surface area (Å²) in [6.45, 7) is 0.723. The van der Waals surface area contributed by atoms with Crippen molar-refractivity contribution < 1.29 is 4.52 Å². The number of aromatic nitrogens is 1. The molecule has 0 bridgehead atoms. The van der Waals surface area contributed by atoms with Crippen molar-refractivity contribution in [3.63, 3.8) is 0 Å². The van der Waals surface area contributed by atoms with Crippen LogP contribution in [-0.4, -0.2) is 24.2 Å². The molecule has 0 N–H and O–H groups in total. The molecule has 1 heterocycles. The largest absolute Gasteiger partial charge is 0.364 e. The Morgan fingerprint density at radius 1 is 1.24 bits per heavy atom. The van der Waals surface area contributed by atoms with Gasteiger partial charge in [-0.25, -0.2) is 0 Å². The third-order valence-electron chi connectivity index (χ3n) is 2.33. The molecule has 0 amide bonds. The van der Waals surface area contributed by atoms with Crippen LogP contribution in [0.3, 0.4) is 0 Å². The highest BCUT2D eigenvalue weighted by atomic mass is 35.5. The van der Waals surface area contributed by atoms with Gasteiger partial charge in [0.05, 0.1) is 10.0 Å². The maximum atomic E-state index is 6.15. The molecule has 2 rings (SSSR count). The lowest BCUT2D eigenvalue weighted by Gasteiger charge is -2.10. The smallest absolute Gasteiger partial charge is 0.128 e. The van der Waals surface area contributed by atoms with Crippen LogP contribution >= 0.6 is 23.2 Å². The van der Waals surface area contributed by atoms with Crippen molar-refractivity contribution in [2.24, 2.45) is 0 Å². The highest BCUT2D eigenvalue weighted by molar-refractivity contribution is 6.39. The zero-order valence-electron chi connectivity index (χ0n) is 9.58. The average Bonchev–Trinajstić information content (AvgIpc) is 2.65. The van der Waals surface area contributed by atoms with Crippen LogP contribution in [0.5, 0.6) is 0 Å². The zero-order valence-corrected chi connectivity index (χ0v) is 11.1. The molecule has 0 atom stereocenters. The normalized spacial score (nSPS) is 11.1. The number of benzene rings is 1. The second kappa shape index (κ2) is 5.08. The summed E-state index contributed by atoms with van der Waals surface area (Å²) in [6, 6.07) is 5.38. The van der Waals surface area contributed by atoms with Crippen LogP contribution < -0.4 is 0 Å². The van der Waals surface area contributed by atoms with Gasteiger partial charge in [0.2, 0.25) is 0 Å². The first kappa shape index (κ1) is 12.4. The number of halogens is 2. The van der Waals surface area contributed by atoms with Crippen LogP contribution in [0.2, 0.25) is 10.0 Å². The summed E-state index contributed by atoms with van der Waals surface area (Å²) in [4.78, 5) is 2.03. The molecule has 0 aliphatic rings. The Hall–Kier alpha value is -1.03. The summed E-state index contributed by atoms with van der Waals surface area (Å²) < 4.78 is 5.02. The SMILES string of the molecule is CN(C)Cc1conc1-c1c(Cl)cccc1Cl. The average molecular weight is 271 g/mol. The fourth-order valence-electron chi connectivity index (χ4n) is 1.64. The Morgan fingerprint density at radius 2 is 1.88 bits per heavy atom. The van der Waals surface area contributed by atoms with Gasteiger partial charge in [-0.1, -0.05) is 34.4 Å². The fraction of sp³-hybridized carbons (Fsp3) is 0.250. The minimum absolute atomic E-state index is 0.575. The third kappa shape index (κ3) is 2.63. The van der Waals surface area contributed by atoms with Gasteiger partial charge in [0.1, 0.15) is 12.0 Å². The molecule has 3 nitrogen and oxygen atoms in total. The van der Waals surface area contributed by atoms with E-state index in [0.29, 0.717) is 15.7 Å². The van der Waals surface area contributed by atoms with Crippen LogP contribution in [0.25, 0.3) is 11.3 Å². The Balaban J connectivity index is 2.50. The van der Waals surface area contributed by atoms with E-state index < -0.39 is 0 Å². The highest BCUT2D eigenvalue weighted by Crippen LogP contribution is 2.35. The standard InChI is InChI=1S/C12H12Cl2N2O/c1-16(2)6-8-7-17-15-12(8)11-9(13)4-3-5-10(11)14/h3-5,7H,6H2,1-2H3. The van der Waals surface area contributed by atoms with Gasteiger partial charge in [-0.2, -0.15) is 0 Å². The van der Waals surface area contributed by atoms with Crippen LogP contribution in [-0.2, 0) is 6.54 Å². The van der Waals surface area contributed by atoms with E-state index >= 15 is 0 Å². The molecule has 0 saturated heterocycles. The number of hydrogen-bond donors (Lipinski definition) is 0. The molecule has 1 aromatic heterocycles. The molecule has 0 radical (unpaired) electrons. The van der Waals surface area contributed by atoms with Crippen molar-refractivity contribution in [3.8, 4) is 11.3 Å². The molecule has 0 aliphatic carbocycles. The van der Waals surface area contributed by atoms with E-state index in [-0.39, 0.29) is 0 Å². The van der Waals surface area contributed by atoms with Crippen LogP contribution in [0, 0.1) is 0 Å². The maximum absolute atomic E-state index is 6.15. The molecule has 5 heteroatoms. The van der Waals surface area contributed by atoms with Gasteiger partial charge in [0, 0.05) is 17.7 Å². The first-order valence-corrected chi connectivity index (χ1v) is 5.87. The van der Waals surface area contributed by atoms with Crippen LogP contribution in [0.15, 0.2) is 29.0 Å². The van der Waals surface area contributed by atoms with E-state index in [1.165, 1.54) is 0 Å². The molecule has 17 heavy (non-hydrogen) atoms. The van der Waals surface area contributed by atoms with Gasteiger partial charge >= 0.3 is 0 Å². The topological polar surface area (TPSA) is 29.3 Å². The minimum atomic E-state index is 0.575. The summed E-state index contributed by atoms with van der Waals surface area (Å²) in [7, 11) is 3.95. The summed E-state index contributed by atoms with van der Waals surface area (Å²) in [5.74, 6) is 0. The number of rotatable bonds is 3. The van der Waals surface area contributed by atoms with Crippen molar-refractivity contribution in [2.75, 3.05) is 14.1 Å². The molecular formula is C12H12Cl2N2O. The van der Waals surface area contributed by atoms with E-state index in [2.05, 4.69) is 5.16 Å². The molecule has 90 valence electrons. The van der Waals surface area contributed by atoms with Crippen molar-refractivity contribution in [1.82, 2.24) is 10.1 Å². The summed E-state index contributed by atoms with van der Waals surface area (Å²) in [5, 5.41) is 5.14. The van der Waals surface area contributed by atoms with E-state index in [9.17, 15) is 0 Å². The van der Waals surface area contributed by atoms with Gasteiger partial charge < -0.3 is 9.42 Å². The van der Waals surface area contributed by atoms with Gasteiger partial charge in [0.15, 0.2) is 0 Å². The van der Waals surface area contributed by atoms with Crippen LogP contribution in [0.4, 0.5) is 0 Å². The molecule has 2 aromatic rings. The lowest BCUT2D eigenvalue weighted by atomic mass is 10.1. The second-order valence-electron chi connectivity index (χ2n) is 4.02. The Morgan fingerprint density at radius 3 is 2.47 bits per heavy atom. The quantitative estimate of drug-likeness (QED) is 0.852. The molecule has 0 saturated carbocycles. The predicted octanol–water partition coefficient (Wildman–Crippen LogP) is 3.71. The predicted molar refractivity (Wildman–Crippen MR) is 69.4 cm³/mol.